The SMILES string of the molecule is CC(NC(=O)c1ccccc1)C(=O)N1CCN(C(c2ccccc2)c2ccccc2)CC1. The lowest BCUT2D eigenvalue weighted by Gasteiger charge is -2.40. The smallest absolute Gasteiger partial charge is 0.251 e. The number of nitrogens with zero attached hydrogens (tertiary/aromatic N) is 2. The van der Waals surface area contributed by atoms with Gasteiger partial charge in [-0.1, -0.05) is 78.9 Å². The van der Waals surface area contributed by atoms with Crippen molar-refractivity contribution in [1.82, 2.24) is 15.1 Å². The van der Waals surface area contributed by atoms with Gasteiger partial charge < -0.3 is 10.2 Å². The number of nitrogens with one attached hydrogen (secondary N) is 1. The molecule has 5 nitrogen and oxygen atoms in total. The van der Waals surface area contributed by atoms with Crippen LogP contribution in [0.25, 0.3) is 0 Å². The van der Waals surface area contributed by atoms with Gasteiger partial charge in [0.1, 0.15) is 6.04 Å². The van der Waals surface area contributed by atoms with Crippen molar-refractivity contribution < 1.29 is 9.59 Å². The van der Waals surface area contributed by atoms with E-state index in [0.717, 1.165) is 13.1 Å². The molecule has 0 aliphatic carbocycles. The van der Waals surface area contributed by atoms with Gasteiger partial charge in [-0.2, -0.15) is 0 Å². The molecule has 5 heteroatoms. The van der Waals surface area contributed by atoms with E-state index in [9.17, 15) is 9.59 Å². The first-order valence-corrected chi connectivity index (χ1v) is 11.1. The number of rotatable bonds is 6. The van der Waals surface area contributed by atoms with Crippen LogP contribution in [0.5, 0.6) is 0 Å². The average molecular weight is 428 g/mol. The first-order chi connectivity index (χ1) is 15.6. The van der Waals surface area contributed by atoms with Gasteiger partial charge in [-0.05, 0) is 30.2 Å². The summed E-state index contributed by atoms with van der Waals surface area (Å²) in [5, 5.41) is 2.84. The van der Waals surface area contributed by atoms with Crippen LogP contribution in [0.2, 0.25) is 0 Å². The Balaban J connectivity index is 1.40. The third kappa shape index (κ3) is 5.06. The van der Waals surface area contributed by atoms with Crippen molar-refractivity contribution in [2.45, 2.75) is 19.0 Å². The Morgan fingerprint density at radius 2 is 1.19 bits per heavy atom. The molecule has 2 amide bonds. The van der Waals surface area contributed by atoms with E-state index in [4.69, 9.17) is 0 Å². The summed E-state index contributed by atoms with van der Waals surface area (Å²) in [6, 6.07) is 29.6. The van der Waals surface area contributed by atoms with E-state index in [1.165, 1.54) is 11.1 Å². The van der Waals surface area contributed by atoms with Crippen molar-refractivity contribution in [2.24, 2.45) is 0 Å². The van der Waals surface area contributed by atoms with Crippen LogP contribution in [0.4, 0.5) is 0 Å². The molecule has 1 unspecified atom stereocenters. The quantitative estimate of drug-likeness (QED) is 0.652. The van der Waals surface area contributed by atoms with E-state index in [1.807, 2.05) is 35.2 Å². The molecule has 0 saturated carbocycles. The molecule has 3 aromatic carbocycles. The maximum absolute atomic E-state index is 13.0. The van der Waals surface area contributed by atoms with Crippen molar-refractivity contribution in [3.8, 4) is 0 Å². The summed E-state index contributed by atoms with van der Waals surface area (Å²) in [5.74, 6) is -0.261. The predicted octanol–water partition coefficient (Wildman–Crippen LogP) is 3.74. The van der Waals surface area contributed by atoms with Gasteiger partial charge in [-0.15, -0.1) is 0 Å². The zero-order valence-corrected chi connectivity index (χ0v) is 18.4. The van der Waals surface area contributed by atoms with E-state index >= 15 is 0 Å². The van der Waals surface area contributed by atoms with Gasteiger partial charge in [0, 0.05) is 31.7 Å². The molecule has 1 saturated heterocycles. The van der Waals surface area contributed by atoms with Crippen molar-refractivity contribution in [3.05, 3.63) is 108 Å². The van der Waals surface area contributed by atoms with Gasteiger partial charge in [0.25, 0.3) is 5.91 Å². The van der Waals surface area contributed by atoms with E-state index in [0.29, 0.717) is 18.7 Å². The second kappa shape index (κ2) is 10.2. The maximum Gasteiger partial charge on any atom is 0.251 e. The third-order valence-electron chi connectivity index (χ3n) is 5.98. The summed E-state index contributed by atoms with van der Waals surface area (Å²) >= 11 is 0. The van der Waals surface area contributed by atoms with Gasteiger partial charge in [-0.3, -0.25) is 14.5 Å². The van der Waals surface area contributed by atoms with E-state index in [1.54, 1.807) is 19.1 Å². The van der Waals surface area contributed by atoms with Crippen LogP contribution in [0.15, 0.2) is 91.0 Å². The van der Waals surface area contributed by atoms with Gasteiger partial charge in [0.15, 0.2) is 0 Å². The number of benzene rings is 3. The Bertz CT molecular complexity index is 977. The van der Waals surface area contributed by atoms with Crippen molar-refractivity contribution in [1.29, 1.82) is 0 Å². The predicted molar refractivity (Wildman–Crippen MR) is 126 cm³/mol. The molecule has 32 heavy (non-hydrogen) atoms. The minimum atomic E-state index is -0.562. The number of piperazine rings is 1. The Morgan fingerprint density at radius 3 is 1.69 bits per heavy atom. The van der Waals surface area contributed by atoms with E-state index in [-0.39, 0.29) is 17.9 Å². The Kier molecular flexibility index (Phi) is 6.97. The van der Waals surface area contributed by atoms with Crippen LogP contribution >= 0.6 is 0 Å². The highest BCUT2D eigenvalue weighted by atomic mass is 16.2. The van der Waals surface area contributed by atoms with Crippen LogP contribution in [0, 0.1) is 0 Å². The highest BCUT2D eigenvalue weighted by molar-refractivity contribution is 5.97. The molecular weight excluding hydrogens is 398 g/mol. The fourth-order valence-electron chi connectivity index (χ4n) is 4.29. The lowest BCUT2D eigenvalue weighted by Crippen LogP contribution is -2.54. The monoisotopic (exact) mass is 427 g/mol. The molecule has 3 aromatic rings. The largest absolute Gasteiger partial charge is 0.341 e. The number of amides is 2. The highest BCUT2D eigenvalue weighted by Gasteiger charge is 2.30. The van der Waals surface area contributed by atoms with Gasteiger partial charge in [0.05, 0.1) is 6.04 Å². The molecule has 0 spiro atoms. The Morgan fingerprint density at radius 1 is 0.719 bits per heavy atom. The second-order valence-electron chi connectivity index (χ2n) is 8.15. The molecule has 4 rings (SSSR count). The van der Waals surface area contributed by atoms with E-state index in [2.05, 4.69) is 58.7 Å². The van der Waals surface area contributed by atoms with Gasteiger partial charge in [0.2, 0.25) is 5.91 Å². The number of carbonyl (C=O) groups is 2. The average Bonchev–Trinajstić information content (AvgIpc) is 2.86. The first kappa shape index (κ1) is 21.8. The number of carbonyl (C=O) groups excluding carboxylic acids is 2. The van der Waals surface area contributed by atoms with Crippen LogP contribution < -0.4 is 5.32 Å². The summed E-state index contributed by atoms with van der Waals surface area (Å²) in [5.41, 5.74) is 3.06. The van der Waals surface area contributed by atoms with Crippen molar-refractivity contribution >= 4 is 11.8 Å². The summed E-state index contributed by atoms with van der Waals surface area (Å²) in [7, 11) is 0. The maximum atomic E-state index is 13.0. The van der Waals surface area contributed by atoms with Crippen LogP contribution in [0.1, 0.15) is 34.5 Å². The molecule has 0 aromatic heterocycles. The minimum absolute atomic E-state index is 0.0371. The van der Waals surface area contributed by atoms with Crippen molar-refractivity contribution in [3.63, 3.8) is 0 Å². The number of hydrogen-bond donors (Lipinski definition) is 1. The van der Waals surface area contributed by atoms with Crippen LogP contribution in [-0.2, 0) is 4.79 Å². The Hall–Kier alpha value is -3.44. The number of hydrogen-bond acceptors (Lipinski definition) is 3. The van der Waals surface area contributed by atoms with Gasteiger partial charge >= 0.3 is 0 Å². The summed E-state index contributed by atoms with van der Waals surface area (Å²) in [6.07, 6.45) is 0. The molecule has 1 fully saturated rings. The molecule has 1 N–H and O–H groups in total. The molecule has 1 aliphatic heterocycles. The topological polar surface area (TPSA) is 52.7 Å². The lowest BCUT2D eigenvalue weighted by molar-refractivity contribution is -0.134. The molecule has 0 radical (unpaired) electrons. The first-order valence-electron chi connectivity index (χ1n) is 11.1. The molecule has 1 atom stereocenters. The van der Waals surface area contributed by atoms with E-state index < -0.39 is 6.04 Å². The zero-order valence-electron chi connectivity index (χ0n) is 18.4. The molecule has 1 aliphatic rings. The second-order valence-corrected chi connectivity index (χ2v) is 8.15. The highest BCUT2D eigenvalue weighted by Crippen LogP contribution is 2.29. The fraction of sp³-hybridized carbons (Fsp3) is 0.259. The van der Waals surface area contributed by atoms with Gasteiger partial charge in [-0.25, -0.2) is 0 Å². The third-order valence-corrected chi connectivity index (χ3v) is 5.98. The Labute approximate surface area is 189 Å². The van der Waals surface area contributed by atoms with Crippen LogP contribution in [-0.4, -0.2) is 53.8 Å². The molecule has 164 valence electrons. The zero-order chi connectivity index (χ0) is 22.3. The standard InChI is InChI=1S/C27H29N3O2/c1-21(28-26(31)24-15-9-4-10-16-24)27(32)30-19-17-29(18-20-30)25(22-11-5-2-6-12-22)23-13-7-3-8-14-23/h2-16,21,25H,17-20H2,1H3,(H,28,31). The molecule has 1 heterocycles. The lowest BCUT2D eigenvalue weighted by atomic mass is 9.96. The summed E-state index contributed by atoms with van der Waals surface area (Å²) < 4.78 is 0. The summed E-state index contributed by atoms with van der Waals surface area (Å²) in [6.45, 7) is 4.59. The molecule has 0 bridgehead atoms. The van der Waals surface area contributed by atoms with Crippen LogP contribution in [0.3, 0.4) is 0 Å². The minimum Gasteiger partial charge on any atom is -0.341 e. The normalized spacial score (nSPS) is 15.4. The molecular formula is C27H29N3O2. The fourth-order valence-corrected chi connectivity index (χ4v) is 4.29. The van der Waals surface area contributed by atoms with Crippen molar-refractivity contribution in [2.75, 3.05) is 26.2 Å². The summed E-state index contributed by atoms with van der Waals surface area (Å²) in [4.78, 5) is 29.7.